The fourth-order valence-corrected chi connectivity index (χ4v) is 4.67. The van der Waals surface area contributed by atoms with Crippen LogP contribution in [0.4, 0.5) is 17.7 Å². The van der Waals surface area contributed by atoms with Crippen molar-refractivity contribution in [3.05, 3.63) is 11.3 Å². The van der Waals surface area contributed by atoms with Crippen LogP contribution in [0.2, 0.25) is 0 Å². The Morgan fingerprint density at radius 3 is 2.67 bits per heavy atom. The van der Waals surface area contributed by atoms with Gasteiger partial charge in [0.1, 0.15) is 5.52 Å². The summed E-state index contributed by atoms with van der Waals surface area (Å²) in [4.78, 5) is 21.8. The van der Waals surface area contributed by atoms with E-state index in [2.05, 4.69) is 46.1 Å². The number of anilines is 3. The summed E-state index contributed by atoms with van der Waals surface area (Å²) in [6, 6.07) is 0.324. The van der Waals surface area contributed by atoms with Crippen LogP contribution in [0, 0.1) is 5.92 Å². The van der Waals surface area contributed by atoms with E-state index in [1.165, 1.54) is 6.42 Å². The lowest BCUT2D eigenvalue weighted by Gasteiger charge is -2.32. The molecule has 2 unspecified atom stereocenters. The molecule has 1 aliphatic rings. The number of rotatable bonds is 7. The highest BCUT2D eigenvalue weighted by Gasteiger charge is 2.27. The molecule has 9 nitrogen and oxygen atoms in total. The second-order valence-corrected chi connectivity index (χ2v) is 9.22. The number of nitrogens with two attached hydrogens (primary N) is 1. The molecule has 10 heteroatoms. The molecular formula is C20H31N9S. The Kier molecular flexibility index (Phi) is 6.03. The molecule has 0 aromatic carbocycles. The average molecular weight is 430 g/mol. The number of nitrogen functional groups attached to an aromatic ring is 1. The maximum atomic E-state index is 5.86. The molecule has 0 amide bonds. The predicted molar refractivity (Wildman–Crippen MR) is 122 cm³/mol. The highest BCUT2D eigenvalue weighted by Crippen LogP contribution is 2.33. The first kappa shape index (κ1) is 20.8. The van der Waals surface area contributed by atoms with Crippen molar-refractivity contribution in [2.75, 3.05) is 29.0 Å². The van der Waals surface area contributed by atoms with Crippen molar-refractivity contribution >= 4 is 39.4 Å². The first-order valence-electron chi connectivity index (χ1n) is 10.7. The zero-order valence-electron chi connectivity index (χ0n) is 18.2. The lowest BCUT2D eigenvalue weighted by atomic mass is 9.96. The molecule has 1 fully saturated rings. The average Bonchev–Trinajstić information content (AvgIpc) is 3.33. The molecule has 3 N–H and O–H groups in total. The molecule has 0 radical (unpaired) electrons. The fraction of sp³-hybridized carbons (Fsp3) is 0.650. The summed E-state index contributed by atoms with van der Waals surface area (Å²) in [5.74, 6) is 3.93. The molecule has 4 heterocycles. The van der Waals surface area contributed by atoms with E-state index < -0.39 is 0 Å². The highest BCUT2D eigenvalue weighted by molar-refractivity contribution is 7.16. The maximum Gasteiger partial charge on any atom is 0.226 e. The minimum Gasteiger partial charge on any atom is -0.368 e. The Balaban J connectivity index is 1.50. The van der Waals surface area contributed by atoms with Gasteiger partial charge in [-0.15, -0.1) is 11.3 Å². The van der Waals surface area contributed by atoms with Crippen molar-refractivity contribution in [1.82, 2.24) is 29.7 Å². The van der Waals surface area contributed by atoms with Crippen molar-refractivity contribution in [3.63, 3.8) is 0 Å². The van der Waals surface area contributed by atoms with Crippen molar-refractivity contribution in [2.24, 2.45) is 13.0 Å². The lowest BCUT2D eigenvalue weighted by Crippen LogP contribution is -2.34. The van der Waals surface area contributed by atoms with E-state index in [1.807, 2.05) is 12.6 Å². The molecule has 1 saturated heterocycles. The summed E-state index contributed by atoms with van der Waals surface area (Å²) < 4.78 is 1.64. The summed E-state index contributed by atoms with van der Waals surface area (Å²) in [5.41, 5.74) is 8.60. The highest BCUT2D eigenvalue weighted by atomic mass is 32.1. The molecule has 30 heavy (non-hydrogen) atoms. The van der Waals surface area contributed by atoms with Gasteiger partial charge in [-0.1, -0.05) is 20.3 Å². The van der Waals surface area contributed by atoms with Gasteiger partial charge in [0.15, 0.2) is 16.5 Å². The SMILES string of the molecule is CCC(C)CC(C)Nc1nc(N2CCC(c3nc(N)n(C)n3)CC2)c2ncsc2n1. The summed E-state index contributed by atoms with van der Waals surface area (Å²) >= 11 is 1.56. The van der Waals surface area contributed by atoms with Crippen LogP contribution in [0.3, 0.4) is 0 Å². The molecule has 0 aliphatic carbocycles. The first-order chi connectivity index (χ1) is 14.4. The molecule has 3 aromatic rings. The van der Waals surface area contributed by atoms with E-state index in [-0.39, 0.29) is 0 Å². The van der Waals surface area contributed by atoms with E-state index in [0.717, 1.165) is 54.3 Å². The molecule has 162 valence electrons. The van der Waals surface area contributed by atoms with Crippen LogP contribution in [-0.2, 0) is 7.05 Å². The fourth-order valence-electron chi connectivity index (χ4n) is 4.02. The molecule has 3 aromatic heterocycles. The number of piperidine rings is 1. The Hall–Kier alpha value is -2.49. The number of hydrogen-bond donors (Lipinski definition) is 2. The Morgan fingerprint density at radius 1 is 1.23 bits per heavy atom. The maximum absolute atomic E-state index is 5.86. The van der Waals surface area contributed by atoms with Crippen molar-refractivity contribution in [1.29, 1.82) is 0 Å². The lowest BCUT2D eigenvalue weighted by molar-refractivity contribution is 0.479. The van der Waals surface area contributed by atoms with Gasteiger partial charge in [0.25, 0.3) is 0 Å². The largest absolute Gasteiger partial charge is 0.368 e. The number of hydrogen-bond acceptors (Lipinski definition) is 9. The van der Waals surface area contributed by atoms with Crippen LogP contribution < -0.4 is 16.0 Å². The molecule has 2 atom stereocenters. The van der Waals surface area contributed by atoms with Gasteiger partial charge in [-0.3, -0.25) is 0 Å². The first-order valence-corrected chi connectivity index (χ1v) is 11.6. The third-order valence-electron chi connectivity index (χ3n) is 5.98. The van der Waals surface area contributed by atoms with E-state index in [4.69, 9.17) is 15.7 Å². The Morgan fingerprint density at radius 2 is 2.00 bits per heavy atom. The minimum absolute atomic E-state index is 0.324. The number of aryl methyl sites for hydroxylation is 1. The van der Waals surface area contributed by atoms with Crippen molar-refractivity contribution < 1.29 is 0 Å². The molecular weight excluding hydrogens is 398 g/mol. The number of nitrogens with one attached hydrogen (secondary N) is 1. The van der Waals surface area contributed by atoms with E-state index in [0.29, 0.717) is 29.8 Å². The van der Waals surface area contributed by atoms with Crippen LogP contribution >= 0.6 is 11.3 Å². The smallest absolute Gasteiger partial charge is 0.226 e. The van der Waals surface area contributed by atoms with Crippen LogP contribution in [-0.4, -0.2) is 48.8 Å². The van der Waals surface area contributed by atoms with Gasteiger partial charge in [-0.2, -0.15) is 15.1 Å². The second-order valence-electron chi connectivity index (χ2n) is 8.38. The number of nitrogens with zero attached hydrogens (tertiary/aromatic N) is 7. The summed E-state index contributed by atoms with van der Waals surface area (Å²) in [5, 5.41) is 7.97. The number of aromatic nitrogens is 6. The molecule has 0 saturated carbocycles. The standard InChI is InChI=1S/C20H31N9S/c1-5-12(2)10-13(3)23-20-25-17(15-18(26-20)30-11-22-15)29-8-6-14(7-9-29)16-24-19(21)28(4)27-16/h11-14H,5-10H2,1-4H3,(H2,21,24,27)(H,23,25,26). The number of fused-ring (bicyclic) bond motifs is 1. The molecule has 1 aliphatic heterocycles. The topological polar surface area (TPSA) is 111 Å². The van der Waals surface area contributed by atoms with Crippen molar-refractivity contribution in [2.45, 2.75) is 58.4 Å². The number of thiazole rings is 1. The van der Waals surface area contributed by atoms with Gasteiger partial charge in [-0.05, 0) is 32.1 Å². The van der Waals surface area contributed by atoms with Gasteiger partial charge in [-0.25, -0.2) is 14.6 Å². The zero-order chi connectivity index (χ0) is 21.3. The molecule has 0 bridgehead atoms. The third-order valence-corrected chi connectivity index (χ3v) is 6.70. The van der Waals surface area contributed by atoms with Crippen LogP contribution in [0.25, 0.3) is 10.3 Å². The normalized spacial score (nSPS) is 17.4. The monoisotopic (exact) mass is 429 g/mol. The third kappa shape index (κ3) is 4.33. The van der Waals surface area contributed by atoms with Gasteiger partial charge in [0, 0.05) is 32.1 Å². The summed E-state index contributed by atoms with van der Waals surface area (Å²) in [7, 11) is 1.83. The molecule has 4 rings (SSSR count). The van der Waals surface area contributed by atoms with Crippen molar-refractivity contribution in [3.8, 4) is 0 Å². The van der Waals surface area contributed by atoms with Gasteiger partial charge in [0.2, 0.25) is 11.9 Å². The van der Waals surface area contributed by atoms with Gasteiger partial charge >= 0.3 is 0 Å². The Labute approximate surface area is 181 Å². The zero-order valence-corrected chi connectivity index (χ0v) is 19.0. The summed E-state index contributed by atoms with van der Waals surface area (Å²) in [6.45, 7) is 8.48. The second kappa shape index (κ2) is 8.71. The van der Waals surface area contributed by atoms with Crippen LogP contribution in [0.1, 0.15) is 58.2 Å². The quantitative estimate of drug-likeness (QED) is 0.588. The molecule has 0 spiro atoms. The van der Waals surface area contributed by atoms with E-state index in [9.17, 15) is 0 Å². The predicted octanol–water partition coefficient (Wildman–Crippen LogP) is 3.42. The van der Waals surface area contributed by atoms with Gasteiger partial charge in [0.05, 0.1) is 5.51 Å². The summed E-state index contributed by atoms with van der Waals surface area (Å²) in [6.07, 6.45) is 4.21. The van der Waals surface area contributed by atoms with Crippen LogP contribution in [0.5, 0.6) is 0 Å². The van der Waals surface area contributed by atoms with E-state index in [1.54, 1.807) is 16.0 Å². The van der Waals surface area contributed by atoms with Gasteiger partial charge < -0.3 is 16.0 Å². The minimum atomic E-state index is 0.324. The Bertz CT molecular complexity index is 970. The van der Waals surface area contributed by atoms with Crippen LogP contribution in [0.15, 0.2) is 5.51 Å². The van der Waals surface area contributed by atoms with E-state index >= 15 is 0 Å².